The zero-order chi connectivity index (χ0) is 17.5. The standard InChI is InChI=1S/C21H33N3O/c1-17-8-10-19(11-9-17)24-20(22-2)23-16-21(12-14-25-15-13-21)18-6-4-3-5-7-18/h3-7,17,19H,8-16H2,1-2H3,(H2,22,23,24). The molecule has 1 aromatic rings. The fourth-order valence-corrected chi connectivity index (χ4v) is 4.17. The molecule has 0 bridgehead atoms. The Morgan fingerprint density at radius 1 is 1.12 bits per heavy atom. The first kappa shape index (κ1) is 18.2. The zero-order valence-corrected chi connectivity index (χ0v) is 15.8. The minimum atomic E-state index is 0.137. The Balaban J connectivity index is 1.62. The van der Waals surface area contributed by atoms with Crippen LogP contribution in [-0.2, 0) is 10.2 Å². The highest BCUT2D eigenvalue weighted by Gasteiger charge is 2.34. The molecule has 1 aromatic carbocycles. The molecule has 2 fully saturated rings. The smallest absolute Gasteiger partial charge is 0.191 e. The third-order valence-electron chi connectivity index (χ3n) is 6.01. The molecule has 1 aliphatic heterocycles. The summed E-state index contributed by atoms with van der Waals surface area (Å²) in [5.41, 5.74) is 1.55. The molecule has 138 valence electrons. The molecule has 1 saturated carbocycles. The van der Waals surface area contributed by atoms with Gasteiger partial charge in [-0.25, -0.2) is 0 Å². The molecule has 0 atom stereocenters. The van der Waals surface area contributed by atoms with Crippen LogP contribution in [0.3, 0.4) is 0 Å². The molecule has 0 amide bonds. The molecular formula is C21H33N3O. The van der Waals surface area contributed by atoms with Gasteiger partial charge in [0.25, 0.3) is 0 Å². The van der Waals surface area contributed by atoms with Crippen LogP contribution in [0.2, 0.25) is 0 Å². The summed E-state index contributed by atoms with van der Waals surface area (Å²) >= 11 is 0. The van der Waals surface area contributed by atoms with E-state index < -0.39 is 0 Å². The monoisotopic (exact) mass is 343 g/mol. The maximum Gasteiger partial charge on any atom is 0.191 e. The van der Waals surface area contributed by atoms with E-state index in [0.29, 0.717) is 6.04 Å². The predicted octanol–water partition coefficient (Wildman–Crippen LogP) is 3.48. The van der Waals surface area contributed by atoms with Crippen LogP contribution in [-0.4, -0.2) is 38.8 Å². The highest BCUT2D eigenvalue weighted by molar-refractivity contribution is 5.80. The summed E-state index contributed by atoms with van der Waals surface area (Å²) in [6, 6.07) is 11.4. The summed E-state index contributed by atoms with van der Waals surface area (Å²) in [6.07, 6.45) is 7.25. The lowest BCUT2D eigenvalue weighted by Gasteiger charge is -2.38. The second-order valence-corrected chi connectivity index (χ2v) is 7.79. The lowest BCUT2D eigenvalue weighted by molar-refractivity contribution is 0.0513. The largest absolute Gasteiger partial charge is 0.381 e. The van der Waals surface area contributed by atoms with Gasteiger partial charge in [0.05, 0.1) is 0 Å². The van der Waals surface area contributed by atoms with Gasteiger partial charge in [-0.3, -0.25) is 4.99 Å². The van der Waals surface area contributed by atoms with Gasteiger partial charge in [0.1, 0.15) is 0 Å². The molecule has 0 aromatic heterocycles. The summed E-state index contributed by atoms with van der Waals surface area (Å²) in [6.45, 7) is 4.94. The van der Waals surface area contributed by atoms with Crippen molar-refractivity contribution in [2.75, 3.05) is 26.8 Å². The van der Waals surface area contributed by atoms with E-state index in [-0.39, 0.29) is 5.41 Å². The fraction of sp³-hybridized carbons (Fsp3) is 0.667. The molecule has 0 unspecified atom stereocenters. The summed E-state index contributed by atoms with van der Waals surface area (Å²) in [4.78, 5) is 4.47. The Morgan fingerprint density at radius 2 is 1.80 bits per heavy atom. The molecule has 1 saturated heterocycles. The number of aliphatic imine (C=N–C) groups is 1. The van der Waals surface area contributed by atoms with E-state index in [4.69, 9.17) is 4.74 Å². The molecule has 4 nitrogen and oxygen atoms in total. The van der Waals surface area contributed by atoms with E-state index >= 15 is 0 Å². The highest BCUT2D eigenvalue weighted by atomic mass is 16.5. The van der Waals surface area contributed by atoms with Crippen molar-refractivity contribution < 1.29 is 4.74 Å². The van der Waals surface area contributed by atoms with Gasteiger partial charge >= 0.3 is 0 Å². The quantitative estimate of drug-likeness (QED) is 0.650. The molecule has 3 rings (SSSR count). The Bertz CT molecular complexity index is 544. The number of benzene rings is 1. The summed E-state index contributed by atoms with van der Waals surface area (Å²) in [7, 11) is 1.87. The lowest BCUT2D eigenvalue weighted by Crippen LogP contribution is -2.50. The van der Waals surface area contributed by atoms with Crippen molar-refractivity contribution in [1.82, 2.24) is 10.6 Å². The van der Waals surface area contributed by atoms with Gasteiger partial charge < -0.3 is 15.4 Å². The molecule has 25 heavy (non-hydrogen) atoms. The fourth-order valence-electron chi connectivity index (χ4n) is 4.17. The Hall–Kier alpha value is -1.55. The van der Waals surface area contributed by atoms with Crippen molar-refractivity contribution in [2.45, 2.75) is 56.9 Å². The minimum absolute atomic E-state index is 0.137. The average molecular weight is 344 g/mol. The van der Waals surface area contributed by atoms with Gasteiger partial charge in [-0.15, -0.1) is 0 Å². The zero-order valence-electron chi connectivity index (χ0n) is 15.8. The van der Waals surface area contributed by atoms with E-state index in [9.17, 15) is 0 Å². The second kappa shape index (κ2) is 8.70. The van der Waals surface area contributed by atoms with E-state index in [2.05, 4.69) is 52.9 Å². The van der Waals surface area contributed by atoms with Crippen LogP contribution in [0.1, 0.15) is 51.0 Å². The topological polar surface area (TPSA) is 45.7 Å². The Kier molecular flexibility index (Phi) is 6.35. The second-order valence-electron chi connectivity index (χ2n) is 7.79. The van der Waals surface area contributed by atoms with Crippen LogP contribution < -0.4 is 10.6 Å². The maximum atomic E-state index is 5.64. The van der Waals surface area contributed by atoms with Crippen LogP contribution in [0, 0.1) is 5.92 Å². The summed E-state index contributed by atoms with van der Waals surface area (Å²) < 4.78 is 5.64. The minimum Gasteiger partial charge on any atom is -0.381 e. The predicted molar refractivity (Wildman–Crippen MR) is 104 cm³/mol. The molecule has 0 spiro atoms. The van der Waals surface area contributed by atoms with E-state index in [1.165, 1.54) is 31.2 Å². The van der Waals surface area contributed by atoms with E-state index in [0.717, 1.165) is 44.5 Å². The number of guanidine groups is 1. The molecular weight excluding hydrogens is 310 g/mol. The Morgan fingerprint density at radius 3 is 2.44 bits per heavy atom. The summed E-state index contributed by atoms with van der Waals surface area (Å²) in [5.74, 6) is 1.82. The number of hydrogen-bond acceptors (Lipinski definition) is 2. The van der Waals surface area contributed by atoms with Gasteiger partial charge in [-0.2, -0.15) is 0 Å². The van der Waals surface area contributed by atoms with Crippen molar-refractivity contribution in [3.05, 3.63) is 35.9 Å². The molecule has 1 aliphatic carbocycles. The van der Waals surface area contributed by atoms with Crippen LogP contribution >= 0.6 is 0 Å². The SMILES string of the molecule is CN=C(NCC1(c2ccccc2)CCOCC1)NC1CCC(C)CC1. The molecule has 2 N–H and O–H groups in total. The lowest BCUT2D eigenvalue weighted by atomic mass is 9.74. The number of nitrogens with one attached hydrogen (secondary N) is 2. The van der Waals surface area contributed by atoms with Gasteiger partial charge in [0.15, 0.2) is 5.96 Å². The van der Waals surface area contributed by atoms with Crippen molar-refractivity contribution >= 4 is 5.96 Å². The molecule has 4 heteroatoms. The number of rotatable bonds is 4. The van der Waals surface area contributed by atoms with Crippen LogP contribution in [0.25, 0.3) is 0 Å². The van der Waals surface area contributed by atoms with Gasteiger partial charge in [-0.05, 0) is 50.0 Å². The van der Waals surface area contributed by atoms with Crippen molar-refractivity contribution in [2.24, 2.45) is 10.9 Å². The first-order valence-corrected chi connectivity index (χ1v) is 9.82. The van der Waals surface area contributed by atoms with Crippen LogP contribution in [0.15, 0.2) is 35.3 Å². The van der Waals surface area contributed by atoms with Crippen molar-refractivity contribution in [1.29, 1.82) is 0 Å². The van der Waals surface area contributed by atoms with Gasteiger partial charge in [0.2, 0.25) is 0 Å². The van der Waals surface area contributed by atoms with E-state index in [1.54, 1.807) is 0 Å². The number of ether oxygens (including phenoxy) is 1. The average Bonchev–Trinajstić information content (AvgIpc) is 2.68. The number of nitrogens with zero attached hydrogens (tertiary/aromatic N) is 1. The maximum absolute atomic E-state index is 5.64. The third kappa shape index (κ3) is 4.75. The molecule has 1 heterocycles. The molecule has 0 radical (unpaired) electrons. The highest BCUT2D eigenvalue weighted by Crippen LogP contribution is 2.34. The van der Waals surface area contributed by atoms with Crippen LogP contribution in [0.4, 0.5) is 0 Å². The van der Waals surface area contributed by atoms with Crippen LogP contribution in [0.5, 0.6) is 0 Å². The first-order valence-electron chi connectivity index (χ1n) is 9.82. The normalized spacial score (nSPS) is 26.9. The van der Waals surface area contributed by atoms with E-state index in [1.807, 2.05) is 7.05 Å². The van der Waals surface area contributed by atoms with Gasteiger partial charge in [-0.1, -0.05) is 37.3 Å². The van der Waals surface area contributed by atoms with Gasteiger partial charge in [0, 0.05) is 38.3 Å². The summed E-state index contributed by atoms with van der Waals surface area (Å²) in [5, 5.41) is 7.26. The van der Waals surface area contributed by atoms with Crippen molar-refractivity contribution in [3.8, 4) is 0 Å². The van der Waals surface area contributed by atoms with Crippen molar-refractivity contribution in [3.63, 3.8) is 0 Å². The molecule has 2 aliphatic rings. The Labute approximate surface area is 152 Å². The third-order valence-corrected chi connectivity index (χ3v) is 6.01. The number of hydrogen-bond donors (Lipinski definition) is 2. The first-order chi connectivity index (χ1) is 12.2.